The van der Waals surface area contributed by atoms with Crippen LogP contribution < -0.4 is 0 Å². The molecule has 0 aliphatic carbocycles. The highest BCUT2D eigenvalue weighted by atomic mass is 35.5. The number of halogens is 2. The van der Waals surface area contributed by atoms with Crippen LogP contribution in [0.4, 0.5) is 0 Å². The average molecular weight is 277 g/mol. The summed E-state index contributed by atoms with van der Waals surface area (Å²) in [7, 11) is 0. The Kier molecular flexibility index (Phi) is 2.81. The smallest absolute Gasteiger partial charge is 0.223 e. The molecular weight excluding hydrogens is 271 g/mol. The van der Waals surface area contributed by atoms with Gasteiger partial charge in [0, 0.05) is 11.6 Å². The van der Waals surface area contributed by atoms with Gasteiger partial charge in [-0.2, -0.15) is 0 Å². The standard InChI is InChI=1S/C12H6Cl2N4/c13-8-6-16-12(14)18-10(8)11-15-5-7-3-1-2-4-9(7)17-11/h1-6H. The van der Waals surface area contributed by atoms with Crippen molar-refractivity contribution >= 4 is 34.1 Å². The lowest BCUT2D eigenvalue weighted by Crippen LogP contribution is -1.95. The summed E-state index contributed by atoms with van der Waals surface area (Å²) in [5.41, 5.74) is 1.26. The van der Waals surface area contributed by atoms with Crippen LogP contribution in [-0.2, 0) is 0 Å². The van der Waals surface area contributed by atoms with Crippen LogP contribution in [0.1, 0.15) is 0 Å². The summed E-state index contributed by atoms with van der Waals surface area (Å²) in [5, 5.41) is 1.44. The summed E-state index contributed by atoms with van der Waals surface area (Å²) in [5.74, 6) is 0.433. The predicted octanol–water partition coefficient (Wildman–Crippen LogP) is 3.39. The fraction of sp³-hybridized carbons (Fsp3) is 0. The second kappa shape index (κ2) is 4.48. The maximum Gasteiger partial charge on any atom is 0.223 e. The van der Waals surface area contributed by atoms with Crippen molar-refractivity contribution in [2.45, 2.75) is 0 Å². The highest BCUT2D eigenvalue weighted by molar-refractivity contribution is 6.33. The molecule has 0 amide bonds. The zero-order valence-electron chi connectivity index (χ0n) is 9.01. The first-order chi connectivity index (χ1) is 8.74. The molecule has 2 heterocycles. The molecule has 0 bridgehead atoms. The Bertz CT molecular complexity index is 730. The molecule has 18 heavy (non-hydrogen) atoms. The van der Waals surface area contributed by atoms with Gasteiger partial charge in [0.1, 0.15) is 5.69 Å². The van der Waals surface area contributed by atoms with Crippen LogP contribution in [0.5, 0.6) is 0 Å². The molecule has 4 nitrogen and oxygen atoms in total. The zero-order valence-corrected chi connectivity index (χ0v) is 10.5. The number of aromatic nitrogens is 4. The largest absolute Gasteiger partial charge is 0.234 e. The first-order valence-corrected chi connectivity index (χ1v) is 5.90. The van der Waals surface area contributed by atoms with Crippen molar-refractivity contribution in [2.24, 2.45) is 0 Å². The lowest BCUT2D eigenvalue weighted by atomic mass is 10.2. The Hall–Kier alpha value is -1.78. The van der Waals surface area contributed by atoms with E-state index in [1.165, 1.54) is 6.20 Å². The lowest BCUT2D eigenvalue weighted by Gasteiger charge is -2.03. The predicted molar refractivity (Wildman–Crippen MR) is 70.6 cm³/mol. The fourth-order valence-corrected chi connectivity index (χ4v) is 1.90. The summed E-state index contributed by atoms with van der Waals surface area (Å²) in [4.78, 5) is 16.5. The normalized spacial score (nSPS) is 10.8. The monoisotopic (exact) mass is 276 g/mol. The molecule has 0 radical (unpaired) electrons. The minimum Gasteiger partial charge on any atom is -0.234 e. The summed E-state index contributed by atoms with van der Waals surface area (Å²) in [6, 6.07) is 7.68. The van der Waals surface area contributed by atoms with Gasteiger partial charge in [0.25, 0.3) is 0 Å². The summed E-state index contributed by atoms with van der Waals surface area (Å²) >= 11 is 11.8. The third-order valence-electron chi connectivity index (χ3n) is 2.42. The molecule has 0 unspecified atom stereocenters. The maximum absolute atomic E-state index is 6.02. The quantitative estimate of drug-likeness (QED) is 0.640. The Labute approximate surface area is 113 Å². The summed E-state index contributed by atoms with van der Waals surface area (Å²) < 4.78 is 0. The van der Waals surface area contributed by atoms with Gasteiger partial charge in [-0.05, 0) is 17.7 Å². The SMILES string of the molecule is Clc1ncc(Cl)c(-c2ncc3ccccc3n2)n1. The minimum absolute atomic E-state index is 0.117. The van der Waals surface area contributed by atoms with Gasteiger partial charge in [-0.3, -0.25) is 0 Å². The van der Waals surface area contributed by atoms with Crippen LogP contribution in [0.2, 0.25) is 10.3 Å². The number of rotatable bonds is 1. The molecule has 6 heteroatoms. The molecule has 0 fully saturated rings. The number of fused-ring (bicyclic) bond motifs is 1. The lowest BCUT2D eigenvalue weighted by molar-refractivity contribution is 1.12. The van der Waals surface area contributed by atoms with Gasteiger partial charge in [-0.25, -0.2) is 19.9 Å². The van der Waals surface area contributed by atoms with E-state index in [-0.39, 0.29) is 5.28 Å². The molecular formula is C12H6Cl2N4. The molecule has 0 spiro atoms. The van der Waals surface area contributed by atoms with E-state index in [1.54, 1.807) is 6.20 Å². The number of benzene rings is 1. The number of hydrogen-bond donors (Lipinski definition) is 0. The highest BCUT2D eigenvalue weighted by Gasteiger charge is 2.10. The first kappa shape index (κ1) is 11.3. The average Bonchev–Trinajstić information content (AvgIpc) is 2.41. The van der Waals surface area contributed by atoms with E-state index in [2.05, 4.69) is 19.9 Å². The van der Waals surface area contributed by atoms with Crippen molar-refractivity contribution in [2.75, 3.05) is 0 Å². The van der Waals surface area contributed by atoms with Crippen molar-refractivity contribution < 1.29 is 0 Å². The second-order valence-corrected chi connectivity index (χ2v) is 4.33. The van der Waals surface area contributed by atoms with Gasteiger partial charge in [0.05, 0.1) is 16.7 Å². The molecule has 0 aliphatic rings. The van der Waals surface area contributed by atoms with E-state index in [0.717, 1.165) is 10.9 Å². The van der Waals surface area contributed by atoms with Crippen LogP contribution in [-0.4, -0.2) is 19.9 Å². The van der Waals surface area contributed by atoms with E-state index >= 15 is 0 Å². The number of hydrogen-bond acceptors (Lipinski definition) is 4. The Morgan fingerprint density at radius 3 is 2.61 bits per heavy atom. The van der Waals surface area contributed by atoms with Crippen molar-refractivity contribution in [3.05, 3.63) is 47.0 Å². The molecule has 0 atom stereocenters. The topological polar surface area (TPSA) is 51.6 Å². The third kappa shape index (κ3) is 2.00. The third-order valence-corrected chi connectivity index (χ3v) is 2.87. The van der Waals surface area contributed by atoms with E-state index in [1.807, 2.05) is 24.3 Å². The van der Waals surface area contributed by atoms with Crippen molar-refractivity contribution in [3.8, 4) is 11.5 Å². The van der Waals surface area contributed by atoms with Gasteiger partial charge < -0.3 is 0 Å². The van der Waals surface area contributed by atoms with Crippen LogP contribution in [0.15, 0.2) is 36.7 Å². The zero-order chi connectivity index (χ0) is 12.5. The van der Waals surface area contributed by atoms with Crippen molar-refractivity contribution in [1.29, 1.82) is 0 Å². The molecule has 0 saturated carbocycles. The van der Waals surface area contributed by atoms with Gasteiger partial charge in [-0.15, -0.1) is 0 Å². The number of nitrogens with zero attached hydrogens (tertiary/aromatic N) is 4. The molecule has 88 valence electrons. The molecule has 0 saturated heterocycles. The van der Waals surface area contributed by atoms with Crippen LogP contribution >= 0.6 is 23.2 Å². The van der Waals surface area contributed by atoms with Crippen molar-refractivity contribution in [1.82, 2.24) is 19.9 Å². The van der Waals surface area contributed by atoms with Gasteiger partial charge in [0.2, 0.25) is 5.28 Å². The molecule has 1 aromatic carbocycles. The molecule has 3 aromatic rings. The Balaban J connectivity index is 2.22. The molecule has 0 aliphatic heterocycles. The van der Waals surface area contributed by atoms with Crippen LogP contribution in [0, 0.1) is 0 Å². The Morgan fingerprint density at radius 2 is 1.72 bits per heavy atom. The van der Waals surface area contributed by atoms with E-state index in [0.29, 0.717) is 16.5 Å². The van der Waals surface area contributed by atoms with E-state index in [9.17, 15) is 0 Å². The fourth-order valence-electron chi connectivity index (χ4n) is 1.59. The maximum atomic E-state index is 6.02. The van der Waals surface area contributed by atoms with E-state index < -0.39 is 0 Å². The molecule has 3 rings (SSSR count). The van der Waals surface area contributed by atoms with Gasteiger partial charge >= 0.3 is 0 Å². The van der Waals surface area contributed by atoms with E-state index in [4.69, 9.17) is 23.2 Å². The molecule has 2 aromatic heterocycles. The number of para-hydroxylation sites is 1. The van der Waals surface area contributed by atoms with Crippen LogP contribution in [0.3, 0.4) is 0 Å². The Morgan fingerprint density at radius 1 is 0.889 bits per heavy atom. The second-order valence-electron chi connectivity index (χ2n) is 3.59. The molecule has 0 N–H and O–H groups in total. The summed E-state index contributed by atoms with van der Waals surface area (Å²) in [6.07, 6.45) is 3.16. The summed E-state index contributed by atoms with van der Waals surface area (Å²) in [6.45, 7) is 0. The van der Waals surface area contributed by atoms with Crippen molar-refractivity contribution in [3.63, 3.8) is 0 Å². The van der Waals surface area contributed by atoms with Crippen LogP contribution in [0.25, 0.3) is 22.4 Å². The minimum atomic E-state index is 0.117. The highest BCUT2D eigenvalue weighted by Crippen LogP contribution is 2.24. The first-order valence-electron chi connectivity index (χ1n) is 5.14. The van der Waals surface area contributed by atoms with Gasteiger partial charge in [0.15, 0.2) is 5.82 Å². The van der Waals surface area contributed by atoms with Gasteiger partial charge in [-0.1, -0.05) is 29.8 Å².